The van der Waals surface area contributed by atoms with Crippen LogP contribution in [0.25, 0.3) is 11.0 Å². The first-order valence-corrected chi connectivity index (χ1v) is 12.5. The zero-order valence-corrected chi connectivity index (χ0v) is 21.5. The second-order valence-corrected chi connectivity index (χ2v) is 9.51. The highest BCUT2D eigenvalue weighted by Gasteiger charge is 2.45. The lowest BCUT2D eigenvalue weighted by Gasteiger charge is -2.23. The first kappa shape index (κ1) is 23.9. The quantitative estimate of drug-likeness (QED) is 0.330. The van der Waals surface area contributed by atoms with E-state index in [9.17, 15) is 9.59 Å². The van der Waals surface area contributed by atoms with E-state index in [1.807, 2.05) is 33.8 Å². The van der Waals surface area contributed by atoms with Crippen LogP contribution >= 0.6 is 11.3 Å². The Bertz CT molecular complexity index is 1520. The molecule has 1 aliphatic heterocycles. The van der Waals surface area contributed by atoms with Gasteiger partial charge >= 0.3 is 0 Å². The molecule has 0 fully saturated rings. The van der Waals surface area contributed by atoms with E-state index in [0.29, 0.717) is 52.1 Å². The van der Waals surface area contributed by atoms with E-state index in [1.54, 1.807) is 37.4 Å². The fraction of sp³-hybridized carbons (Fsp3) is 0.296. The van der Waals surface area contributed by atoms with Gasteiger partial charge in [0.05, 0.1) is 43.0 Å². The van der Waals surface area contributed by atoms with Gasteiger partial charge in [-0.2, -0.15) is 0 Å². The van der Waals surface area contributed by atoms with Crippen LogP contribution < -0.4 is 24.5 Å². The molecular weight excluding hydrogens is 480 g/mol. The number of amides is 1. The van der Waals surface area contributed by atoms with Gasteiger partial charge in [0, 0.05) is 10.9 Å². The maximum atomic E-state index is 13.8. The minimum absolute atomic E-state index is 0.00417. The van der Waals surface area contributed by atoms with Gasteiger partial charge in [-0.1, -0.05) is 6.07 Å². The molecule has 0 aliphatic carbocycles. The van der Waals surface area contributed by atoms with Crippen molar-refractivity contribution in [3.63, 3.8) is 0 Å². The summed E-state index contributed by atoms with van der Waals surface area (Å²) in [7, 11) is 1.55. The SMILES string of the molecule is CCOc1ccc2c(=O)c3c(oc2c1)C(=O)N(c1nc(C)c(C)s1)C3c1ccc(OCC)c(OC)c1. The number of anilines is 1. The molecule has 5 rings (SSSR count). The Morgan fingerprint density at radius 1 is 1.03 bits per heavy atom. The second kappa shape index (κ2) is 9.31. The fourth-order valence-electron chi connectivity index (χ4n) is 4.41. The van der Waals surface area contributed by atoms with Crippen LogP contribution in [-0.2, 0) is 0 Å². The van der Waals surface area contributed by atoms with Crippen LogP contribution in [0.2, 0.25) is 0 Å². The average molecular weight is 507 g/mol. The normalized spacial score (nSPS) is 14.9. The van der Waals surface area contributed by atoms with Gasteiger partial charge in [-0.15, -0.1) is 11.3 Å². The molecule has 3 heterocycles. The van der Waals surface area contributed by atoms with E-state index in [0.717, 1.165) is 10.6 Å². The Labute approximate surface area is 212 Å². The number of hydrogen-bond donors (Lipinski definition) is 0. The monoisotopic (exact) mass is 506 g/mol. The molecular formula is C27H26N2O6S. The summed E-state index contributed by atoms with van der Waals surface area (Å²) in [5, 5.41) is 0.874. The van der Waals surface area contributed by atoms with E-state index < -0.39 is 11.9 Å². The number of ether oxygens (including phenoxy) is 3. The van der Waals surface area contributed by atoms with Crippen LogP contribution in [0.1, 0.15) is 52.1 Å². The lowest BCUT2D eigenvalue weighted by Crippen LogP contribution is -2.29. The first-order chi connectivity index (χ1) is 17.4. The van der Waals surface area contributed by atoms with Crippen molar-refractivity contribution in [3.05, 3.63) is 74.1 Å². The molecule has 0 saturated carbocycles. The summed E-state index contributed by atoms with van der Waals surface area (Å²) in [6, 6.07) is 9.72. The zero-order valence-electron chi connectivity index (χ0n) is 20.7. The molecule has 9 heteroatoms. The molecule has 0 saturated heterocycles. The smallest absolute Gasteiger partial charge is 0.297 e. The van der Waals surface area contributed by atoms with Crippen molar-refractivity contribution in [2.45, 2.75) is 33.7 Å². The molecule has 0 N–H and O–H groups in total. The molecule has 2 aromatic carbocycles. The lowest BCUT2D eigenvalue weighted by atomic mass is 9.98. The summed E-state index contributed by atoms with van der Waals surface area (Å²) in [6.45, 7) is 8.55. The predicted octanol–water partition coefficient (Wildman–Crippen LogP) is 5.42. The van der Waals surface area contributed by atoms with Crippen LogP contribution in [0, 0.1) is 13.8 Å². The van der Waals surface area contributed by atoms with Crippen molar-refractivity contribution in [1.82, 2.24) is 4.98 Å². The van der Waals surface area contributed by atoms with Crippen LogP contribution in [-0.4, -0.2) is 31.2 Å². The molecule has 8 nitrogen and oxygen atoms in total. The van der Waals surface area contributed by atoms with E-state index in [2.05, 4.69) is 4.98 Å². The molecule has 0 spiro atoms. The van der Waals surface area contributed by atoms with Crippen molar-refractivity contribution < 1.29 is 23.4 Å². The third kappa shape index (κ3) is 3.80. The third-order valence-corrected chi connectivity index (χ3v) is 7.25. The number of hydrogen-bond acceptors (Lipinski definition) is 8. The van der Waals surface area contributed by atoms with E-state index in [1.165, 1.54) is 16.2 Å². The molecule has 2 aromatic heterocycles. The molecule has 36 heavy (non-hydrogen) atoms. The highest BCUT2D eigenvalue weighted by atomic mass is 32.1. The Morgan fingerprint density at radius 3 is 2.47 bits per heavy atom. The Kier molecular flexibility index (Phi) is 6.17. The van der Waals surface area contributed by atoms with Gasteiger partial charge in [0.2, 0.25) is 5.76 Å². The molecule has 186 valence electrons. The second-order valence-electron chi connectivity index (χ2n) is 8.32. The van der Waals surface area contributed by atoms with Gasteiger partial charge in [-0.3, -0.25) is 14.5 Å². The predicted molar refractivity (Wildman–Crippen MR) is 138 cm³/mol. The first-order valence-electron chi connectivity index (χ1n) is 11.7. The molecule has 4 aromatic rings. The number of aromatic nitrogens is 1. The van der Waals surface area contributed by atoms with Crippen LogP contribution in [0.3, 0.4) is 0 Å². The van der Waals surface area contributed by atoms with Crippen LogP contribution in [0.4, 0.5) is 5.13 Å². The minimum atomic E-state index is -0.741. The number of carbonyl (C=O) groups excluding carboxylic acids is 1. The topological polar surface area (TPSA) is 91.1 Å². The summed E-state index contributed by atoms with van der Waals surface area (Å²) < 4.78 is 22.9. The number of benzene rings is 2. The summed E-state index contributed by atoms with van der Waals surface area (Å²) in [4.78, 5) is 34.8. The van der Waals surface area contributed by atoms with Crippen LogP contribution in [0.15, 0.2) is 45.6 Å². The highest BCUT2D eigenvalue weighted by molar-refractivity contribution is 7.15. The summed E-state index contributed by atoms with van der Waals surface area (Å²) in [5.41, 5.74) is 1.81. The van der Waals surface area contributed by atoms with E-state index in [4.69, 9.17) is 18.6 Å². The Morgan fingerprint density at radius 2 is 1.81 bits per heavy atom. The lowest BCUT2D eigenvalue weighted by molar-refractivity contribution is 0.0971. The van der Waals surface area contributed by atoms with Crippen molar-refractivity contribution in [3.8, 4) is 17.2 Å². The highest BCUT2D eigenvalue weighted by Crippen LogP contribution is 2.44. The maximum Gasteiger partial charge on any atom is 0.297 e. The third-order valence-electron chi connectivity index (χ3n) is 6.18. The van der Waals surface area contributed by atoms with Crippen molar-refractivity contribution in [1.29, 1.82) is 0 Å². The average Bonchev–Trinajstić information content (AvgIpc) is 3.35. The Hall–Kier alpha value is -3.85. The molecule has 1 aliphatic rings. The number of carbonyl (C=O) groups is 1. The number of fused-ring (bicyclic) bond motifs is 2. The largest absolute Gasteiger partial charge is 0.494 e. The molecule has 0 radical (unpaired) electrons. The minimum Gasteiger partial charge on any atom is -0.494 e. The van der Waals surface area contributed by atoms with Crippen molar-refractivity contribution in [2.24, 2.45) is 0 Å². The molecule has 1 atom stereocenters. The number of nitrogens with zero attached hydrogens (tertiary/aromatic N) is 2. The van der Waals surface area contributed by atoms with Gasteiger partial charge in [0.15, 0.2) is 22.1 Å². The summed E-state index contributed by atoms with van der Waals surface area (Å²) in [6.07, 6.45) is 0. The van der Waals surface area contributed by atoms with Gasteiger partial charge in [-0.25, -0.2) is 4.98 Å². The number of rotatable bonds is 7. The molecule has 0 bridgehead atoms. The van der Waals surface area contributed by atoms with Gasteiger partial charge < -0.3 is 18.6 Å². The van der Waals surface area contributed by atoms with Crippen molar-refractivity contribution in [2.75, 3.05) is 25.2 Å². The number of aryl methyl sites for hydroxylation is 2. The number of methoxy groups -OCH3 is 1. The van der Waals surface area contributed by atoms with Crippen molar-refractivity contribution >= 4 is 33.3 Å². The van der Waals surface area contributed by atoms with E-state index >= 15 is 0 Å². The Balaban J connectivity index is 1.76. The molecule has 1 amide bonds. The maximum absolute atomic E-state index is 13.8. The number of thiazole rings is 1. The summed E-state index contributed by atoms with van der Waals surface area (Å²) in [5.74, 6) is 1.24. The van der Waals surface area contributed by atoms with E-state index in [-0.39, 0.29) is 16.8 Å². The van der Waals surface area contributed by atoms with Gasteiger partial charge in [0.25, 0.3) is 5.91 Å². The van der Waals surface area contributed by atoms with Gasteiger partial charge in [0.1, 0.15) is 11.3 Å². The molecule has 1 unspecified atom stereocenters. The standard InChI is InChI=1S/C27H26N2O6S/c1-6-33-17-9-10-18-20(13-17)35-25-22(24(18)30)23(16-8-11-19(34-7-2)21(12-16)32-5)29(26(25)31)27-28-14(3)15(4)36-27/h8-13,23H,6-7H2,1-5H3. The van der Waals surface area contributed by atoms with Gasteiger partial charge in [-0.05, 0) is 57.5 Å². The fourth-order valence-corrected chi connectivity index (χ4v) is 5.34. The summed E-state index contributed by atoms with van der Waals surface area (Å²) >= 11 is 1.40. The zero-order chi connectivity index (χ0) is 25.6. The van der Waals surface area contributed by atoms with Crippen LogP contribution in [0.5, 0.6) is 17.2 Å².